The number of hydrogen-bond donors (Lipinski definition) is 0. The Kier molecular flexibility index (Phi) is 4.29. The van der Waals surface area contributed by atoms with Crippen molar-refractivity contribution in [1.29, 1.82) is 0 Å². The molecule has 0 saturated carbocycles. The third-order valence-electron chi connectivity index (χ3n) is 3.98. The Labute approximate surface area is 139 Å². The van der Waals surface area contributed by atoms with E-state index < -0.39 is 9.84 Å². The summed E-state index contributed by atoms with van der Waals surface area (Å²) in [6.45, 7) is 4.17. The van der Waals surface area contributed by atoms with Crippen LogP contribution in [0.15, 0.2) is 22.8 Å². The first-order valence-electron chi connectivity index (χ1n) is 7.44. The molecule has 1 unspecified atom stereocenters. The van der Waals surface area contributed by atoms with Crippen LogP contribution in [-0.4, -0.2) is 48.3 Å². The fraction of sp³-hybridized carbons (Fsp3) is 0.467. The van der Waals surface area contributed by atoms with E-state index in [1.54, 1.807) is 23.3 Å². The summed E-state index contributed by atoms with van der Waals surface area (Å²) in [6, 6.07) is 3.31. The predicted octanol–water partition coefficient (Wildman–Crippen LogP) is 2.36. The molecule has 1 aliphatic heterocycles. The van der Waals surface area contributed by atoms with Gasteiger partial charge in [0, 0.05) is 17.5 Å². The minimum Gasteiger partial charge on any atom is -0.462 e. The molecule has 2 aromatic rings. The van der Waals surface area contributed by atoms with E-state index in [1.807, 2.05) is 13.8 Å². The summed E-state index contributed by atoms with van der Waals surface area (Å²) in [5, 5.41) is 0.658. The molecule has 2 aromatic heterocycles. The SMILES string of the molecule is CCN(C(=O)c1nc(-c2ccco2)sc1C)C1CCS(=O)(=O)C1. The number of aryl methyl sites for hydroxylation is 1. The van der Waals surface area contributed by atoms with E-state index in [4.69, 9.17) is 4.42 Å². The summed E-state index contributed by atoms with van der Waals surface area (Å²) >= 11 is 1.40. The zero-order valence-corrected chi connectivity index (χ0v) is 14.6. The molecule has 0 aliphatic carbocycles. The van der Waals surface area contributed by atoms with Crippen LogP contribution in [0, 0.1) is 6.92 Å². The van der Waals surface area contributed by atoms with Crippen LogP contribution >= 0.6 is 11.3 Å². The molecule has 6 nitrogen and oxygen atoms in total. The number of sulfone groups is 1. The Bertz CT molecular complexity index is 809. The minimum absolute atomic E-state index is 0.0425. The third kappa shape index (κ3) is 3.18. The minimum atomic E-state index is -3.03. The number of carbonyl (C=O) groups excluding carboxylic acids is 1. The standard InChI is InChI=1S/C15H18N2O4S2/c1-3-17(11-6-8-23(19,20)9-11)15(18)13-10(2)22-14(16-13)12-5-4-7-21-12/h4-5,7,11H,3,6,8-9H2,1-2H3. The van der Waals surface area contributed by atoms with Gasteiger partial charge in [0.25, 0.3) is 5.91 Å². The Morgan fingerprint density at radius 2 is 2.30 bits per heavy atom. The normalized spacial score (nSPS) is 19.8. The predicted molar refractivity (Wildman–Crippen MR) is 88.3 cm³/mol. The second-order valence-electron chi connectivity index (χ2n) is 5.55. The van der Waals surface area contributed by atoms with E-state index >= 15 is 0 Å². The van der Waals surface area contributed by atoms with Gasteiger partial charge in [-0.05, 0) is 32.4 Å². The Morgan fingerprint density at radius 1 is 1.52 bits per heavy atom. The highest BCUT2D eigenvalue weighted by atomic mass is 32.2. The molecule has 23 heavy (non-hydrogen) atoms. The number of thiazole rings is 1. The lowest BCUT2D eigenvalue weighted by Gasteiger charge is -2.26. The number of amides is 1. The van der Waals surface area contributed by atoms with Crippen LogP contribution in [0.5, 0.6) is 0 Å². The third-order valence-corrected chi connectivity index (χ3v) is 6.72. The second-order valence-corrected chi connectivity index (χ2v) is 8.98. The number of rotatable bonds is 4. The summed E-state index contributed by atoms with van der Waals surface area (Å²) in [6.07, 6.45) is 2.06. The topological polar surface area (TPSA) is 80.5 Å². The Hall–Kier alpha value is -1.67. The molecule has 3 rings (SSSR count). The first-order valence-corrected chi connectivity index (χ1v) is 10.1. The fourth-order valence-corrected chi connectivity index (χ4v) is 5.43. The monoisotopic (exact) mass is 354 g/mol. The van der Waals surface area contributed by atoms with Gasteiger partial charge in [-0.2, -0.15) is 0 Å². The zero-order valence-electron chi connectivity index (χ0n) is 13.0. The molecule has 0 radical (unpaired) electrons. The number of furan rings is 1. The molecule has 0 aromatic carbocycles. The van der Waals surface area contributed by atoms with E-state index in [9.17, 15) is 13.2 Å². The Balaban J connectivity index is 1.87. The van der Waals surface area contributed by atoms with Crippen LogP contribution < -0.4 is 0 Å². The van der Waals surface area contributed by atoms with Gasteiger partial charge in [-0.1, -0.05) is 0 Å². The molecule has 0 N–H and O–H groups in total. The van der Waals surface area contributed by atoms with Crippen molar-refractivity contribution in [2.45, 2.75) is 26.3 Å². The lowest BCUT2D eigenvalue weighted by molar-refractivity contribution is 0.0702. The first-order chi connectivity index (χ1) is 10.9. The van der Waals surface area contributed by atoms with Gasteiger partial charge >= 0.3 is 0 Å². The molecule has 8 heteroatoms. The van der Waals surface area contributed by atoms with Gasteiger partial charge in [0.1, 0.15) is 5.69 Å². The van der Waals surface area contributed by atoms with Crippen LogP contribution in [-0.2, 0) is 9.84 Å². The molecular weight excluding hydrogens is 336 g/mol. The summed E-state index contributed by atoms with van der Waals surface area (Å²) in [7, 11) is -3.03. The second kappa shape index (κ2) is 6.09. The van der Waals surface area contributed by atoms with Crippen LogP contribution in [0.3, 0.4) is 0 Å². The van der Waals surface area contributed by atoms with Gasteiger partial charge in [0.15, 0.2) is 20.6 Å². The maximum Gasteiger partial charge on any atom is 0.273 e. The van der Waals surface area contributed by atoms with Gasteiger partial charge in [-0.15, -0.1) is 11.3 Å². The molecule has 124 valence electrons. The molecule has 0 bridgehead atoms. The molecule has 1 aliphatic rings. The van der Waals surface area contributed by atoms with Crippen molar-refractivity contribution in [3.05, 3.63) is 29.0 Å². The lowest BCUT2D eigenvalue weighted by atomic mass is 10.2. The van der Waals surface area contributed by atoms with E-state index in [0.29, 0.717) is 29.4 Å². The summed E-state index contributed by atoms with van der Waals surface area (Å²) < 4.78 is 28.7. The largest absolute Gasteiger partial charge is 0.462 e. The first kappa shape index (κ1) is 16.2. The average molecular weight is 354 g/mol. The van der Waals surface area contributed by atoms with Crippen LogP contribution in [0.25, 0.3) is 10.8 Å². The highest BCUT2D eigenvalue weighted by molar-refractivity contribution is 7.91. The Morgan fingerprint density at radius 3 is 2.87 bits per heavy atom. The van der Waals surface area contributed by atoms with Gasteiger partial charge in [-0.3, -0.25) is 4.79 Å². The van der Waals surface area contributed by atoms with Gasteiger partial charge < -0.3 is 9.32 Å². The van der Waals surface area contributed by atoms with Crippen molar-refractivity contribution < 1.29 is 17.6 Å². The number of nitrogens with zero attached hydrogens (tertiary/aromatic N) is 2. The molecule has 1 saturated heterocycles. The van der Waals surface area contributed by atoms with Gasteiger partial charge in [0.2, 0.25) is 0 Å². The van der Waals surface area contributed by atoms with Gasteiger partial charge in [0.05, 0.1) is 17.8 Å². The molecule has 1 atom stereocenters. The number of carbonyl (C=O) groups is 1. The van der Waals surface area contributed by atoms with Crippen molar-refractivity contribution in [2.24, 2.45) is 0 Å². The highest BCUT2D eigenvalue weighted by Gasteiger charge is 2.35. The molecule has 3 heterocycles. The summed E-state index contributed by atoms with van der Waals surface area (Å²) in [5.74, 6) is 0.612. The van der Waals surface area contributed by atoms with E-state index in [2.05, 4.69) is 4.98 Å². The van der Waals surface area contributed by atoms with E-state index in [1.165, 1.54) is 11.3 Å². The van der Waals surface area contributed by atoms with E-state index in [0.717, 1.165) is 4.88 Å². The summed E-state index contributed by atoms with van der Waals surface area (Å²) in [4.78, 5) is 19.7. The van der Waals surface area contributed by atoms with Crippen molar-refractivity contribution in [3.63, 3.8) is 0 Å². The fourth-order valence-electron chi connectivity index (χ4n) is 2.83. The highest BCUT2D eigenvalue weighted by Crippen LogP contribution is 2.29. The van der Waals surface area contributed by atoms with Gasteiger partial charge in [-0.25, -0.2) is 13.4 Å². The van der Waals surface area contributed by atoms with Crippen LogP contribution in [0.4, 0.5) is 0 Å². The quantitative estimate of drug-likeness (QED) is 0.842. The zero-order chi connectivity index (χ0) is 16.6. The lowest BCUT2D eigenvalue weighted by Crippen LogP contribution is -2.41. The maximum absolute atomic E-state index is 12.8. The molecule has 1 fully saturated rings. The summed E-state index contributed by atoms with van der Waals surface area (Å²) in [5.41, 5.74) is 0.382. The smallest absolute Gasteiger partial charge is 0.273 e. The number of hydrogen-bond acceptors (Lipinski definition) is 6. The van der Waals surface area contributed by atoms with E-state index in [-0.39, 0.29) is 23.5 Å². The molecular formula is C15H18N2O4S2. The van der Waals surface area contributed by atoms with Crippen LogP contribution in [0.2, 0.25) is 0 Å². The molecule has 1 amide bonds. The molecule has 0 spiro atoms. The van der Waals surface area contributed by atoms with Crippen LogP contribution in [0.1, 0.15) is 28.7 Å². The van der Waals surface area contributed by atoms with Crippen molar-refractivity contribution in [3.8, 4) is 10.8 Å². The number of aromatic nitrogens is 1. The van der Waals surface area contributed by atoms with Crippen molar-refractivity contribution in [1.82, 2.24) is 9.88 Å². The maximum atomic E-state index is 12.8. The average Bonchev–Trinajstić information content (AvgIpc) is 3.19. The van der Waals surface area contributed by atoms with Crippen molar-refractivity contribution in [2.75, 3.05) is 18.1 Å². The van der Waals surface area contributed by atoms with Crippen molar-refractivity contribution >= 4 is 27.1 Å².